The van der Waals surface area contributed by atoms with E-state index in [0.29, 0.717) is 0 Å². The predicted molar refractivity (Wildman–Crippen MR) is 54.1 cm³/mol. The third kappa shape index (κ3) is 1.34. The van der Waals surface area contributed by atoms with Gasteiger partial charge in [-0.1, -0.05) is 0 Å². The Bertz CT molecular complexity index is 370. The van der Waals surface area contributed by atoms with Gasteiger partial charge >= 0.3 is 0 Å². The van der Waals surface area contributed by atoms with Gasteiger partial charge < -0.3 is 0 Å². The summed E-state index contributed by atoms with van der Waals surface area (Å²) in [6.07, 6.45) is 7.14. The molecule has 0 N–H and O–H groups in total. The van der Waals surface area contributed by atoms with E-state index in [0.717, 1.165) is 9.39 Å². The number of aromatic nitrogens is 3. The van der Waals surface area contributed by atoms with Crippen molar-refractivity contribution in [2.75, 3.05) is 0 Å². The normalized spacial score (nSPS) is 10.1. The molecule has 0 aliphatic carbocycles. The van der Waals surface area contributed by atoms with E-state index in [-0.39, 0.29) is 0 Å². The van der Waals surface area contributed by atoms with Gasteiger partial charge in [-0.05, 0) is 34.7 Å². The van der Waals surface area contributed by atoms with Crippen molar-refractivity contribution in [3.05, 3.63) is 40.6 Å². The Labute approximate surface area is 83.6 Å². The van der Waals surface area contributed by atoms with Crippen molar-refractivity contribution in [3.8, 4) is 5.82 Å². The maximum absolute atomic E-state index is 4.24. The van der Waals surface area contributed by atoms with Crippen molar-refractivity contribution >= 4 is 22.6 Å². The smallest absolute Gasteiger partial charge is 0.151 e. The van der Waals surface area contributed by atoms with Crippen molar-refractivity contribution in [2.24, 2.45) is 0 Å². The first-order valence-electron chi connectivity index (χ1n) is 3.47. The summed E-state index contributed by atoms with van der Waals surface area (Å²) >= 11 is 2.25. The topological polar surface area (TPSA) is 30.7 Å². The van der Waals surface area contributed by atoms with Crippen LogP contribution < -0.4 is 0 Å². The second-order valence-electron chi connectivity index (χ2n) is 2.28. The molecule has 2 rings (SSSR count). The van der Waals surface area contributed by atoms with Crippen LogP contribution in [0.2, 0.25) is 0 Å². The Morgan fingerprint density at radius 3 is 2.92 bits per heavy atom. The lowest BCUT2D eigenvalue weighted by Crippen LogP contribution is -1.96. The summed E-state index contributed by atoms with van der Waals surface area (Å²) in [5.41, 5.74) is 0. The number of hydrogen-bond donors (Lipinski definition) is 0. The molecule has 0 saturated heterocycles. The van der Waals surface area contributed by atoms with Gasteiger partial charge in [-0.3, -0.25) is 4.57 Å². The van der Waals surface area contributed by atoms with Crippen LogP contribution >= 0.6 is 22.6 Å². The highest BCUT2D eigenvalue weighted by Crippen LogP contribution is 2.12. The molecule has 0 aliphatic heterocycles. The lowest BCUT2D eigenvalue weighted by Gasteiger charge is -2.01. The van der Waals surface area contributed by atoms with Crippen LogP contribution in [0.25, 0.3) is 5.82 Å². The average molecular weight is 271 g/mol. The molecule has 2 heterocycles. The largest absolute Gasteiger partial charge is 0.290 e. The zero-order valence-electron chi connectivity index (χ0n) is 6.18. The fraction of sp³-hybridized carbons (Fsp3) is 0. The van der Waals surface area contributed by atoms with Gasteiger partial charge in [-0.15, -0.1) is 0 Å². The average Bonchev–Trinajstić information content (AvgIpc) is 2.57. The highest BCUT2D eigenvalue weighted by Gasteiger charge is 1.99. The molecule has 2 aromatic heterocycles. The number of rotatable bonds is 1. The maximum Gasteiger partial charge on any atom is 0.151 e. The van der Waals surface area contributed by atoms with Gasteiger partial charge in [0.25, 0.3) is 0 Å². The van der Waals surface area contributed by atoms with Crippen molar-refractivity contribution in [1.82, 2.24) is 14.5 Å². The second kappa shape index (κ2) is 3.22. The summed E-state index contributed by atoms with van der Waals surface area (Å²) in [7, 11) is 0. The van der Waals surface area contributed by atoms with E-state index in [1.165, 1.54) is 0 Å². The molecule has 0 aromatic carbocycles. The molecule has 0 saturated carbocycles. The van der Waals surface area contributed by atoms with Gasteiger partial charge in [-0.2, -0.15) is 0 Å². The van der Waals surface area contributed by atoms with Gasteiger partial charge in [0.1, 0.15) is 6.33 Å². The molecule has 0 amide bonds. The molecule has 0 atom stereocenters. The van der Waals surface area contributed by atoms with E-state index in [4.69, 9.17) is 0 Å². The van der Waals surface area contributed by atoms with Crippen LogP contribution in [0.3, 0.4) is 0 Å². The highest BCUT2D eigenvalue weighted by molar-refractivity contribution is 14.1. The number of imidazole rings is 1. The molecule has 0 aliphatic rings. The predicted octanol–water partition coefficient (Wildman–Crippen LogP) is 1.87. The van der Waals surface area contributed by atoms with Crippen LogP contribution in [0.1, 0.15) is 0 Å². The van der Waals surface area contributed by atoms with E-state index in [9.17, 15) is 0 Å². The Morgan fingerprint density at radius 1 is 1.33 bits per heavy atom. The van der Waals surface area contributed by atoms with Crippen molar-refractivity contribution in [2.45, 2.75) is 0 Å². The van der Waals surface area contributed by atoms with Crippen LogP contribution in [0, 0.1) is 3.57 Å². The third-order valence-electron chi connectivity index (χ3n) is 1.49. The minimum Gasteiger partial charge on any atom is -0.290 e. The molecular formula is C8H6IN3. The van der Waals surface area contributed by atoms with Gasteiger partial charge in [0.2, 0.25) is 0 Å². The van der Waals surface area contributed by atoms with Gasteiger partial charge in [0.05, 0.1) is 3.57 Å². The number of pyridine rings is 1. The summed E-state index contributed by atoms with van der Waals surface area (Å²) in [6, 6.07) is 3.94. The molecule has 0 unspecified atom stereocenters. The molecule has 0 bridgehead atoms. The number of halogens is 1. The lowest BCUT2D eigenvalue weighted by molar-refractivity contribution is 0.983. The van der Waals surface area contributed by atoms with E-state index in [1.807, 2.05) is 22.9 Å². The number of hydrogen-bond acceptors (Lipinski definition) is 2. The van der Waals surface area contributed by atoms with E-state index >= 15 is 0 Å². The molecular weight excluding hydrogens is 265 g/mol. The summed E-state index contributed by atoms with van der Waals surface area (Å²) in [6.45, 7) is 0. The minimum atomic E-state index is 0.926. The molecule has 0 spiro atoms. The van der Waals surface area contributed by atoms with Crippen molar-refractivity contribution in [3.63, 3.8) is 0 Å². The van der Waals surface area contributed by atoms with E-state index in [1.54, 1.807) is 18.7 Å². The third-order valence-corrected chi connectivity index (χ3v) is 2.33. The van der Waals surface area contributed by atoms with Gasteiger partial charge in [-0.25, -0.2) is 9.97 Å². The molecule has 0 fully saturated rings. The lowest BCUT2D eigenvalue weighted by atomic mass is 10.5. The highest BCUT2D eigenvalue weighted by atomic mass is 127. The first-order valence-corrected chi connectivity index (χ1v) is 4.54. The zero-order valence-corrected chi connectivity index (χ0v) is 8.34. The summed E-state index contributed by atoms with van der Waals surface area (Å²) < 4.78 is 3.01. The van der Waals surface area contributed by atoms with Crippen LogP contribution in [-0.4, -0.2) is 14.5 Å². The van der Waals surface area contributed by atoms with Crippen LogP contribution in [0.5, 0.6) is 0 Å². The van der Waals surface area contributed by atoms with Crippen molar-refractivity contribution in [1.29, 1.82) is 0 Å². The molecule has 2 aromatic rings. The SMILES string of the molecule is Ic1cccnc1-n1ccnc1. The van der Waals surface area contributed by atoms with Crippen LogP contribution in [-0.2, 0) is 0 Å². The van der Waals surface area contributed by atoms with E-state index in [2.05, 4.69) is 32.6 Å². The zero-order chi connectivity index (χ0) is 8.39. The molecule has 12 heavy (non-hydrogen) atoms. The molecule has 4 heteroatoms. The first kappa shape index (κ1) is 7.72. The Balaban J connectivity index is 2.55. The Kier molecular flexibility index (Phi) is 2.07. The molecule has 3 nitrogen and oxygen atoms in total. The Morgan fingerprint density at radius 2 is 2.25 bits per heavy atom. The van der Waals surface area contributed by atoms with Crippen molar-refractivity contribution < 1.29 is 0 Å². The molecule has 0 radical (unpaired) electrons. The standard InChI is InChI=1S/C8H6IN3/c9-7-2-1-3-11-8(7)12-5-4-10-6-12/h1-6H. The summed E-state index contributed by atoms with van der Waals surface area (Å²) in [4.78, 5) is 8.20. The van der Waals surface area contributed by atoms with E-state index < -0.39 is 0 Å². The second-order valence-corrected chi connectivity index (χ2v) is 3.44. The monoisotopic (exact) mass is 271 g/mol. The van der Waals surface area contributed by atoms with Crippen LogP contribution in [0.4, 0.5) is 0 Å². The Hall–Kier alpha value is -0.910. The molecule has 60 valence electrons. The fourth-order valence-corrected chi connectivity index (χ4v) is 1.58. The summed E-state index contributed by atoms with van der Waals surface area (Å²) in [5, 5.41) is 0. The first-order chi connectivity index (χ1) is 5.88. The fourth-order valence-electron chi connectivity index (χ4n) is 0.952. The van der Waals surface area contributed by atoms with Gasteiger partial charge in [0.15, 0.2) is 5.82 Å². The quantitative estimate of drug-likeness (QED) is 0.741. The van der Waals surface area contributed by atoms with Gasteiger partial charge in [0, 0.05) is 18.6 Å². The summed E-state index contributed by atoms with van der Waals surface area (Å²) in [5.74, 6) is 0.926. The maximum atomic E-state index is 4.24. The minimum absolute atomic E-state index is 0.926. The van der Waals surface area contributed by atoms with Crippen LogP contribution in [0.15, 0.2) is 37.1 Å². The number of nitrogens with zero attached hydrogens (tertiary/aromatic N) is 3.